The van der Waals surface area contributed by atoms with E-state index in [1.807, 2.05) is 25.3 Å². The largest absolute Gasteiger partial charge is 0.364 e. The van der Waals surface area contributed by atoms with Crippen molar-refractivity contribution >= 4 is 6.08 Å². The molecule has 1 nitrogen and oxygen atoms in total. The number of hydrogen-bond acceptors (Lipinski definition) is 0. The number of aromatic nitrogens is 1. The van der Waals surface area contributed by atoms with Crippen LogP contribution in [0.25, 0.3) is 6.08 Å². The SMILES string of the molecule is CC=CC=Cc1c[nH]c(C)c1C.[Ti]. The van der Waals surface area contributed by atoms with E-state index in [1.54, 1.807) is 0 Å². The Labute approximate surface area is 94.8 Å². The zero-order chi connectivity index (χ0) is 8.97. The fraction of sp³-hybridized carbons (Fsp3) is 0.273. The van der Waals surface area contributed by atoms with Crippen LogP contribution in [-0.4, -0.2) is 4.98 Å². The second-order valence-electron chi connectivity index (χ2n) is 2.88. The number of nitrogens with one attached hydrogen (secondary N) is 1. The summed E-state index contributed by atoms with van der Waals surface area (Å²) in [6.45, 7) is 6.23. The number of H-pyrrole nitrogens is 1. The molecule has 0 aliphatic carbocycles. The predicted octanol–water partition coefficient (Wildman–Crippen LogP) is 3.22. The van der Waals surface area contributed by atoms with Crippen LogP contribution in [0.5, 0.6) is 0 Å². The number of allylic oxidation sites excluding steroid dienone is 3. The van der Waals surface area contributed by atoms with Gasteiger partial charge in [0.05, 0.1) is 0 Å². The molecule has 1 N–H and O–H groups in total. The Kier molecular flexibility index (Phi) is 5.77. The van der Waals surface area contributed by atoms with Crippen LogP contribution in [0.15, 0.2) is 24.4 Å². The van der Waals surface area contributed by atoms with Crippen molar-refractivity contribution < 1.29 is 21.7 Å². The first-order valence-electron chi connectivity index (χ1n) is 4.19. The van der Waals surface area contributed by atoms with Crippen LogP contribution in [0, 0.1) is 13.8 Å². The maximum absolute atomic E-state index is 3.19. The van der Waals surface area contributed by atoms with Crippen LogP contribution < -0.4 is 0 Å². The van der Waals surface area contributed by atoms with Gasteiger partial charge in [-0.25, -0.2) is 0 Å². The maximum Gasteiger partial charge on any atom is 0.0151 e. The fourth-order valence-electron chi connectivity index (χ4n) is 1.06. The molecule has 0 spiro atoms. The molecule has 2 heteroatoms. The van der Waals surface area contributed by atoms with Crippen molar-refractivity contribution in [3.63, 3.8) is 0 Å². The summed E-state index contributed by atoms with van der Waals surface area (Å²) in [6.07, 6.45) is 10.2. The Morgan fingerprint density at radius 2 is 1.92 bits per heavy atom. The normalized spacial score (nSPS) is 11.0. The summed E-state index contributed by atoms with van der Waals surface area (Å²) in [5.74, 6) is 0. The van der Waals surface area contributed by atoms with E-state index >= 15 is 0 Å². The molecule has 0 aliphatic heterocycles. The molecule has 0 saturated heterocycles. The molecule has 0 amide bonds. The van der Waals surface area contributed by atoms with E-state index in [-0.39, 0.29) is 21.7 Å². The average molecular weight is 209 g/mol. The van der Waals surface area contributed by atoms with Crippen molar-refractivity contribution in [3.05, 3.63) is 41.2 Å². The molecule has 1 rings (SSSR count). The Bertz CT molecular complexity index is 308. The van der Waals surface area contributed by atoms with Crippen molar-refractivity contribution in [2.45, 2.75) is 20.8 Å². The number of aromatic amines is 1. The second kappa shape index (κ2) is 6.01. The quantitative estimate of drug-likeness (QED) is 0.568. The third-order valence-electron chi connectivity index (χ3n) is 2.02. The van der Waals surface area contributed by atoms with Gasteiger partial charge >= 0.3 is 0 Å². The minimum Gasteiger partial charge on any atom is -0.364 e. The van der Waals surface area contributed by atoms with Gasteiger partial charge < -0.3 is 4.98 Å². The van der Waals surface area contributed by atoms with Crippen LogP contribution in [0.4, 0.5) is 0 Å². The molecule has 0 atom stereocenters. The maximum atomic E-state index is 3.19. The number of aryl methyl sites for hydroxylation is 1. The summed E-state index contributed by atoms with van der Waals surface area (Å²) >= 11 is 0. The molecule has 0 aliphatic rings. The van der Waals surface area contributed by atoms with E-state index in [4.69, 9.17) is 0 Å². The third-order valence-corrected chi connectivity index (χ3v) is 2.02. The topological polar surface area (TPSA) is 15.8 Å². The number of rotatable bonds is 2. The molecular weight excluding hydrogens is 194 g/mol. The molecule has 0 bridgehead atoms. The molecule has 1 aromatic rings. The van der Waals surface area contributed by atoms with E-state index in [0.717, 1.165) is 0 Å². The molecular formula is C11H15NTi. The molecule has 1 aromatic heterocycles. The molecule has 0 aromatic carbocycles. The fourth-order valence-corrected chi connectivity index (χ4v) is 1.06. The van der Waals surface area contributed by atoms with Crippen LogP contribution in [0.1, 0.15) is 23.7 Å². The molecule has 0 radical (unpaired) electrons. The van der Waals surface area contributed by atoms with Crippen molar-refractivity contribution in [1.29, 1.82) is 0 Å². The van der Waals surface area contributed by atoms with Gasteiger partial charge in [-0.05, 0) is 31.9 Å². The molecule has 0 fully saturated rings. The van der Waals surface area contributed by atoms with Gasteiger partial charge in [-0.1, -0.05) is 24.3 Å². The van der Waals surface area contributed by atoms with Crippen LogP contribution in [0.2, 0.25) is 0 Å². The Hall–Kier alpha value is -0.526. The smallest absolute Gasteiger partial charge is 0.0151 e. The summed E-state index contributed by atoms with van der Waals surface area (Å²) < 4.78 is 0. The van der Waals surface area contributed by atoms with Crippen molar-refractivity contribution in [2.75, 3.05) is 0 Å². The minimum absolute atomic E-state index is 0. The van der Waals surface area contributed by atoms with E-state index in [9.17, 15) is 0 Å². The summed E-state index contributed by atoms with van der Waals surface area (Å²) in [5.41, 5.74) is 3.84. The molecule has 13 heavy (non-hydrogen) atoms. The zero-order valence-electron chi connectivity index (χ0n) is 8.39. The first-order chi connectivity index (χ1) is 5.75. The molecule has 68 valence electrons. The Balaban J connectivity index is 0.00000144. The first-order valence-corrected chi connectivity index (χ1v) is 4.19. The monoisotopic (exact) mass is 209 g/mol. The average Bonchev–Trinajstić information content (AvgIpc) is 2.36. The van der Waals surface area contributed by atoms with E-state index < -0.39 is 0 Å². The van der Waals surface area contributed by atoms with Gasteiger partial charge in [-0.15, -0.1) is 0 Å². The van der Waals surface area contributed by atoms with Crippen LogP contribution in [0.3, 0.4) is 0 Å². The van der Waals surface area contributed by atoms with Gasteiger partial charge in [0, 0.05) is 33.6 Å². The van der Waals surface area contributed by atoms with Gasteiger partial charge in [-0.3, -0.25) is 0 Å². The molecule has 0 saturated carbocycles. The van der Waals surface area contributed by atoms with Crippen molar-refractivity contribution in [3.8, 4) is 0 Å². The van der Waals surface area contributed by atoms with E-state index in [1.165, 1.54) is 16.8 Å². The van der Waals surface area contributed by atoms with E-state index in [2.05, 4.69) is 31.0 Å². The summed E-state index contributed by atoms with van der Waals surface area (Å²) in [4.78, 5) is 3.19. The third kappa shape index (κ3) is 3.37. The molecule has 0 unspecified atom stereocenters. The number of hydrogen-bond donors (Lipinski definition) is 1. The van der Waals surface area contributed by atoms with Crippen LogP contribution in [-0.2, 0) is 21.7 Å². The summed E-state index contributed by atoms with van der Waals surface area (Å²) in [5, 5.41) is 0. The minimum atomic E-state index is 0. The second-order valence-corrected chi connectivity index (χ2v) is 2.88. The summed E-state index contributed by atoms with van der Waals surface area (Å²) in [7, 11) is 0. The van der Waals surface area contributed by atoms with Crippen molar-refractivity contribution in [1.82, 2.24) is 4.98 Å². The Morgan fingerprint density at radius 1 is 1.23 bits per heavy atom. The van der Waals surface area contributed by atoms with Gasteiger partial charge in [0.2, 0.25) is 0 Å². The van der Waals surface area contributed by atoms with Gasteiger partial charge in [0.1, 0.15) is 0 Å². The van der Waals surface area contributed by atoms with Gasteiger partial charge in [0.25, 0.3) is 0 Å². The van der Waals surface area contributed by atoms with Crippen LogP contribution >= 0.6 is 0 Å². The predicted molar refractivity (Wildman–Crippen MR) is 54.1 cm³/mol. The van der Waals surface area contributed by atoms with E-state index in [0.29, 0.717) is 0 Å². The molecule has 1 heterocycles. The summed E-state index contributed by atoms with van der Waals surface area (Å²) in [6, 6.07) is 0. The zero-order valence-corrected chi connectivity index (χ0v) is 9.95. The standard InChI is InChI=1S/C11H15N.Ti/c1-4-5-6-7-11-8-12-10(3)9(11)2;/h4-8,12H,1-3H3;. The van der Waals surface area contributed by atoms with Gasteiger partial charge in [0.15, 0.2) is 0 Å². The first kappa shape index (κ1) is 12.5. The Morgan fingerprint density at radius 3 is 2.38 bits per heavy atom. The van der Waals surface area contributed by atoms with Crippen molar-refractivity contribution in [2.24, 2.45) is 0 Å². The van der Waals surface area contributed by atoms with Gasteiger partial charge in [-0.2, -0.15) is 0 Å².